The van der Waals surface area contributed by atoms with Crippen molar-refractivity contribution in [3.8, 4) is 17.2 Å². The lowest BCUT2D eigenvalue weighted by molar-refractivity contribution is -0.123. The Balaban J connectivity index is 2.10. The normalized spacial score (nSPS) is 21.2. The summed E-state index contributed by atoms with van der Waals surface area (Å²) in [6, 6.07) is 0. The number of benzene rings is 1. The molecule has 0 saturated heterocycles. The number of phenolic OH excluding ortho intramolecular Hbond substituents is 2. The summed E-state index contributed by atoms with van der Waals surface area (Å²) in [4.78, 5) is 41.0. The molecule has 0 saturated carbocycles. The second-order valence-electron chi connectivity index (χ2n) is 8.34. The lowest BCUT2D eigenvalue weighted by Gasteiger charge is -2.29. The van der Waals surface area contributed by atoms with E-state index < -0.39 is 28.5 Å². The van der Waals surface area contributed by atoms with Gasteiger partial charge in [-0.15, -0.1) is 0 Å². The van der Waals surface area contributed by atoms with Crippen molar-refractivity contribution in [3.63, 3.8) is 0 Å². The molecular weight excluding hydrogens is 412 g/mol. The van der Waals surface area contributed by atoms with E-state index in [-0.39, 0.29) is 39.5 Å². The molecule has 0 spiro atoms. The maximum atomic E-state index is 13.7. The Morgan fingerprint density at radius 2 is 1.78 bits per heavy atom. The van der Waals surface area contributed by atoms with Crippen LogP contribution in [0.4, 0.5) is 0 Å². The number of fused-ring (bicyclic) bond motifs is 3. The average molecular weight is 443 g/mol. The standard InChI is InChI=1S/C24H30N2O6/c1-7-26(8-2)10-9-25-13(4)17-15(28)11-16-24(6,23(17)31)19-21(30)12(3)20(29)18(14(5)27)22(19)32-16/h11,25,29-30H,7-10H2,1-6H3/b17-13+/t24-/m1/s1. The maximum Gasteiger partial charge on any atom is 0.194 e. The third-order valence-electron chi connectivity index (χ3n) is 6.47. The predicted octanol–water partition coefficient (Wildman–Crippen LogP) is 2.50. The van der Waals surface area contributed by atoms with Crippen LogP contribution in [0.25, 0.3) is 0 Å². The zero-order chi connectivity index (χ0) is 24.0. The van der Waals surface area contributed by atoms with E-state index in [0.29, 0.717) is 12.2 Å². The molecule has 0 bridgehead atoms. The lowest BCUT2D eigenvalue weighted by atomic mass is 9.70. The summed E-state index contributed by atoms with van der Waals surface area (Å²) < 4.78 is 5.76. The predicted molar refractivity (Wildman–Crippen MR) is 119 cm³/mol. The molecule has 3 rings (SSSR count). The molecule has 0 aromatic heterocycles. The van der Waals surface area contributed by atoms with Crippen molar-refractivity contribution in [2.45, 2.75) is 47.0 Å². The van der Waals surface area contributed by atoms with Gasteiger partial charge in [0.2, 0.25) is 0 Å². The Bertz CT molecular complexity index is 1080. The highest BCUT2D eigenvalue weighted by molar-refractivity contribution is 6.31. The number of nitrogens with zero attached hydrogens (tertiary/aromatic N) is 1. The van der Waals surface area contributed by atoms with Gasteiger partial charge >= 0.3 is 0 Å². The second-order valence-corrected chi connectivity index (χ2v) is 8.34. The Morgan fingerprint density at radius 1 is 1.16 bits per heavy atom. The van der Waals surface area contributed by atoms with Crippen molar-refractivity contribution in [1.29, 1.82) is 0 Å². The minimum absolute atomic E-state index is 0.0123. The number of carbonyl (C=O) groups excluding carboxylic acids is 3. The van der Waals surface area contributed by atoms with E-state index in [2.05, 4.69) is 24.1 Å². The minimum atomic E-state index is -1.49. The van der Waals surface area contributed by atoms with Gasteiger partial charge < -0.3 is 25.2 Å². The van der Waals surface area contributed by atoms with Gasteiger partial charge in [0.15, 0.2) is 17.3 Å². The molecule has 8 nitrogen and oxygen atoms in total. The number of Topliss-reactive ketones (excluding diaryl/α,β-unsaturated/α-hetero) is 2. The Labute approximate surface area is 187 Å². The van der Waals surface area contributed by atoms with Crippen LogP contribution in [-0.2, 0) is 15.0 Å². The fourth-order valence-corrected chi connectivity index (χ4v) is 4.39. The topological polar surface area (TPSA) is 116 Å². The summed E-state index contributed by atoms with van der Waals surface area (Å²) in [7, 11) is 0. The van der Waals surface area contributed by atoms with Gasteiger partial charge in [-0.3, -0.25) is 14.4 Å². The van der Waals surface area contributed by atoms with Crippen LogP contribution >= 0.6 is 0 Å². The molecule has 3 N–H and O–H groups in total. The molecule has 0 unspecified atom stereocenters. The van der Waals surface area contributed by atoms with E-state index >= 15 is 0 Å². The molecule has 0 fully saturated rings. The Kier molecular flexibility index (Phi) is 6.20. The van der Waals surface area contributed by atoms with Crippen molar-refractivity contribution >= 4 is 17.3 Å². The SMILES string of the molecule is CCN(CC)CCN/C(C)=C1\C(=O)C=C2Oc3c(C(C)=O)c(O)c(C)c(O)c3[C@]2(C)C1=O. The van der Waals surface area contributed by atoms with Crippen molar-refractivity contribution in [2.24, 2.45) is 0 Å². The van der Waals surface area contributed by atoms with Crippen LogP contribution in [0, 0.1) is 6.92 Å². The molecule has 172 valence electrons. The van der Waals surface area contributed by atoms with Crippen LogP contribution in [0.1, 0.15) is 56.1 Å². The Morgan fingerprint density at radius 3 is 2.34 bits per heavy atom. The van der Waals surface area contributed by atoms with Gasteiger partial charge in [0.05, 0.1) is 11.1 Å². The first kappa shape index (κ1) is 23.5. The van der Waals surface area contributed by atoms with Gasteiger partial charge in [-0.05, 0) is 40.8 Å². The monoisotopic (exact) mass is 442 g/mol. The van der Waals surface area contributed by atoms with Gasteiger partial charge in [0.1, 0.15) is 34.0 Å². The van der Waals surface area contributed by atoms with Crippen molar-refractivity contribution in [2.75, 3.05) is 26.2 Å². The van der Waals surface area contributed by atoms with Gasteiger partial charge in [0.25, 0.3) is 0 Å². The van der Waals surface area contributed by atoms with Gasteiger partial charge in [-0.1, -0.05) is 13.8 Å². The van der Waals surface area contributed by atoms with E-state index in [1.807, 2.05) is 0 Å². The molecule has 32 heavy (non-hydrogen) atoms. The van der Waals surface area contributed by atoms with Gasteiger partial charge in [-0.2, -0.15) is 0 Å². The largest absolute Gasteiger partial charge is 0.507 e. The highest BCUT2D eigenvalue weighted by Crippen LogP contribution is 2.57. The first-order valence-corrected chi connectivity index (χ1v) is 10.8. The van der Waals surface area contributed by atoms with Crippen LogP contribution in [0.3, 0.4) is 0 Å². The number of phenols is 2. The molecule has 1 heterocycles. The number of likely N-dealkylation sites (N-methyl/N-ethyl adjacent to an activating group) is 1. The highest BCUT2D eigenvalue weighted by atomic mass is 16.5. The molecule has 1 aromatic carbocycles. The molecule has 1 aliphatic carbocycles. The van der Waals surface area contributed by atoms with Crippen LogP contribution in [-0.4, -0.2) is 58.6 Å². The zero-order valence-corrected chi connectivity index (χ0v) is 19.4. The number of hydrogen-bond acceptors (Lipinski definition) is 8. The first-order valence-electron chi connectivity index (χ1n) is 10.8. The summed E-state index contributed by atoms with van der Waals surface area (Å²) in [5.41, 5.74) is -1.01. The van der Waals surface area contributed by atoms with Crippen LogP contribution < -0.4 is 10.1 Å². The van der Waals surface area contributed by atoms with Crippen molar-refractivity contribution in [1.82, 2.24) is 10.2 Å². The molecule has 0 amide bonds. The third-order valence-corrected chi connectivity index (χ3v) is 6.47. The minimum Gasteiger partial charge on any atom is -0.507 e. The Hall–Kier alpha value is -3.13. The number of nitrogens with one attached hydrogen (secondary N) is 1. The molecule has 2 aliphatic rings. The summed E-state index contributed by atoms with van der Waals surface area (Å²) >= 11 is 0. The summed E-state index contributed by atoms with van der Waals surface area (Å²) in [6.07, 6.45) is 1.22. The van der Waals surface area contributed by atoms with E-state index in [0.717, 1.165) is 19.6 Å². The number of allylic oxidation sites excluding steroid dienone is 4. The molecule has 1 aliphatic heterocycles. The van der Waals surface area contributed by atoms with Crippen LogP contribution in [0.15, 0.2) is 23.1 Å². The van der Waals surface area contributed by atoms with Gasteiger partial charge in [0, 0.05) is 30.4 Å². The first-order chi connectivity index (χ1) is 15.0. The maximum absolute atomic E-state index is 13.7. The van der Waals surface area contributed by atoms with E-state index in [4.69, 9.17) is 4.74 Å². The summed E-state index contributed by atoms with van der Waals surface area (Å²) in [5.74, 6) is -2.29. The van der Waals surface area contributed by atoms with Crippen LogP contribution in [0.5, 0.6) is 17.2 Å². The molecule has 1 aromatic rings. The quantitative estimate of drug-likeness (QED) is 0.335. The molecule has 8 heteroatoms. The number of carbonyl (C=O) groups is 3. The highest BCUT2D eigenvalue weighted by Gasteiger charge is 2.56. The second kappa shape index (κ2) is 8.43. The lowest BCUT2D eigenvalue weighted by Crippen LogP contribution is -2.41. The van der Waals surface area contributed by atoms with E-state index in [9.17, 15) is 24.6 Å². The number of aromatic hydroxyl groups is 2. The smallest absolute Gasteiger partial charge is 0.194 e. The number of rotatable bonds is 7. The molecule has 1 atom stereocenters. The third kappa shape index (κ3) is 3.39. The number of ether oxygens (including phenoxy) is 1. The van der Waals surface area contributed by atoms with Gasteiger partial charge in [-0.25, -0.2) is 0 Å². The summed E-state index contributed by atoms with van der Waals surface area (Å²) in [5, 5.41) is 24.4. The zero-order valence-electron chi connectivity index (χ0n) is 19.4. The number of ketones is 3. The molecular formula is C24H30N2O6. The average Bonchev–Trinajstić information content (AvgIpc) is 3.02. The van der Waals surface area contributed by atoms with Crippen molar-refractivity contribution in [3.05, 3.63) is 39.8 Å². The van der Waals surface area contributed by atoms with Crippen molar-refractivity contribution < 1.29 is 29.3 Å². The fraction of sp³-hybridized carbons (Fsp3) is 0.458. The molecule has 0 radical (unpaired) electrons. The fourth-order valence-electron chi connectivity index (χ4n) is 4.39. The summed E-state index contributed by atoms with van der Waals surface area (Å²) in [6.45, 7) is 13.2. The number of hydrogen-bond donors (Lipinski definition) is 3. The van der Waals surface area contributed by atoms with E-state index in [1.165, 1.54) is 19.9 Å². The van der Waals surface area contributed by atoms with E-state index in [1.54, 1.807) is 13.8 Å². The van der Waals surface area contributed by atoms with Crippen LogP contribution in [0.2, 0.25) is 0 Å².